The summed E-state index contributed by atoms with van der Waals surface area (Å²) < 4.78 is 0. The van der Waals surface area contributed by atoms with Gasteiger partial charge in [-0.05, 0) is 49.2 Å². The number of benzene rings is 2. The van der Waals surface area contributed by atoms with Gasteiger partial charge in [0.25, 0.3) is 0 Å². The molecule has 1 saturated heterocycles. The van der Waals surface area contributed by atoms with Crippen molar-refractivity contribution in [1.29, 1.82) is 0 Å². The number of fused-ring (bicyclic) bond motifs is 1. The Bertz CT molecular complexity index is 883. The van der Waals surface area contributed by atoms with Gasteiger partial charge in [-0.1, -0.05) is 42.8 Å². The molecule has 1 aromatic heterocycles. The predicted molar refractivity (Wildman–Crippen MR) is 107 cm³/mol. The highest BCUT2D eigenvalue weighted by Crippen LogP contribution is 2.24. The molecule has 0 aliphatic carbocycles. The molecule has 1 aliphatic rings. The summed E-state index contributed by atoms with van der Waals surface area (Å²) in [5.41, 5.74) is 4.17. The SMILES string of the molecule is O=C(Cc1ccc2nc[nH]c2c1)NC[C@@H](c1ccccc1)N1CCCCC1. The first-order valence-electron chi connectivity index (χ1n) is 9.77. The summed E-state index contributed by atoms with van der Waals surface area (Å²) in [6.07, 6.45) is 5.84. The van der Waals surface area contributed by atoms with Crippen molar-refractivity contribution in [3.63, 3.8) is 0 Å². The van der Waals surface area contributed by atoms with E-state index in [2.05, 4.69) is 44.5 Å². The maximum atomic E-state index is 12.5. The Morgan fingerprint density at radius 3 is 2.74 bits per heavy atom. The number of aromatic amines is 1. The number of nitrogens with one attached hydrogen (secondary N) is 2. The molecule has 3 aromatic rings. The molecule has 140 valence electrons. The maximum Gasteiger partial charge on any atom is 0.224 e. The lowest BCUT2D eigenvalue weighted by Gasteiger charge is -2.35. The number of rotatable bonds is 6. The lowest BCUT2D eigenvalue weighted by molar-refractivity contribution is -0.120. The van der Waals surface area contributed by atoms with Gasteiger partial charge in [0, 0.05) is 6.54 Å². The van der Waals surface area contributed by atoms with E-state index in [4.69, 9.17) is 0 Å². The van der Waals surface area contributed by atoms with Gasteiger partial charge in [0.15, 0.2) is 0 Å². The highest BCUT2D eigenvalue weighted by molar-refractivity contribution is 5.81. The fourth-order valence-electron chi connectivity index (χ4n) is 3.91. The second-order valence-corrected chi connectivity index (χ2v) is 7.26. The third-order valence-electron chi connectivity index (χ3n) is 5.36. The number of imidazole rings is 1. The largest absolute Gasteiger partial charge is 0.354 e. The molecule has 1 amide bonds. The van der Waals surface area contributed by atoms with E-state index < -0.39 is 0 Å². The Balaban J connectivity index is 1.41. The zero-order valence-electron chi connectivity index (χ0n) is 15.5. The first kappa shape index (κ1) is 17.7. The maximum absolute atomic E-state index is 12.5. The smallest absolute Gasteiger partial charge is 0.224 e. The Labute approximate surface area is 159 Å². The summed E-state index contributed by atoms with van der Waals surface area (Å²) in [6, 6.07) is 16.7. The molecule has 1 fully saturated rings. The van der Waals surface area contributed by atoms with Crippen LogP contribution in [0.2, 0.25) is 0 Å². The molecule has 0 unspecified atom stereocenters. The normalized spacial score (nSPS) is 16.3. The van der Waals surface area contributed by atoms with Gasteiger partial charge in [0.05, 0.1) is 29.8 Å². The summed E-state index contributed by atoms with van der Waals surface area (Å²) in [7, 11) is 0. The molecular weight excluding hydrogens is 336 g/mol. The van der Waals surface area contributed by atoms with Gasteiger partial charge in [0.1, 0.15) is 0 Å². The summed E-state index contributed by atoms with van der Waals surface area (Å²) in [6.45, 7) is 2.85. The van der Waals surface area contributed by atoms with Crippen LogP contribution >= 0.6 is 0 Å². The van der Waals surface area contributed by atoms with Crippen molar-refractivity contribution in [1.82, 2.24) is 20.2 Å². The van der Waals surface area contributed by atoms with E-state index in [1.54, 1.807) is 6.33 Å². The minimum absolute atomic E-state index is 0.0619. The minimum Gasteiger partial charge on any atom is -0.354 e. The number of aromatic nitrogens is 2. The molecule has 0 bridgehead atoms. The standard InChI is InChI=1S/C22H26N4O/c27-22(14-17-9-10-19-20(13-17)25-16-24-19)23-15-21(18-7-3-1-4-8-18)26-11-5-2-6-12-26/h1,3-4,7-10,13,16,21H,2,5-6,11-12,14-15H2,(H,23,27)(H,24,25)/t21-/m0/s1. The number of hydrogen-bond acceptors (Lipinski definition) is 3. The minimum atomic E-state index is 0.0619. The number of H-pyrrole nitrogens is 1. The Kier molecular flexibility index (Phi) is 5.49. The van der Waals surface area contributed by atoms with Gasteiger partial charge in [-0.3, -0.25) is 9.69 Å². The van der Waals surface area contributed by atoms with Crippen LogP contribution in [-0.2, 0) is 11.2 Å². The number of piperidine rings is 1. The van der Waals surface area contributed by atoms with E-state index in [1.807, 2.05) is 24.3 Å². The van der Waals surface area contributed by atoms with Crippen LogP contribution in [0, 0.1) is 0 Å². The number of amides is 1. The first-order chi connectivity index (χ1) is 13.3. The van der Waals surface area contributed by atoms with Gasteiger partial charge in [0.2, 0.25) is 5.91 Å². The second kappa shape index (κ2) is 8.35. The van der Waals surface area contributed by atoms with Gasteiger partial charge >= 0.3 is 0 Å². The lowest BCUT2D eigenvalue weighted by atomic mass is 10.0. The molecule has 0 radical (unpaired) electrons. The second-order valence-electron chi connectivity index (χ2n) is 7.26. The number of hydrogen-bond donors (Lipinski definition) is 2. The van der Waals surface area contributed by atoms with Crippen LogP contribution in [0.25, 0.3) is 11.0 Å². The van der Waals surface area contributed by atoms with Crippen LogP contribution in [0.5, 0.6) is 0 Å². The Hall–Kier alpha value is -2.66. The van der Waals surface area contributed by atoms with Crippen molar-refractivity contribution in [3.8, 4) is 0 Å². The van der Waals surface area contributed by atoms with Gasteiger partial charge in [-0.15, -0.1) is 0 Å². The number of nitrogens with zero attached hydrogens (tertiary/aromatic N) is 2. The van der Waals surface area contributed by atoms with Gasteiger partial charge in [-0.25, -0.2) is 4.98 Å². The lowest BCUT2D eigenvalue weighted by Crippen LogP contribution is -2.41. The van der Waals surface area contributed by atoms with E-state index >= 15 is 0 Å². The molecule has 2 heterocycles. The predicted octanol–water partition coefficient (Wildman–Crippen LogP) is 3.45. The van der Waals surface area contributed by atoms with Crippen LogP contribution < -0.4 is 5.32 Å². The molecule has 1 aliphatic heterocycles. The molecular formula is C22H26N4O. The molecule has 2 aromatic carbocycles. The topological polar surface area (TPSA) is 61.0 Å². The molecule has 4 rings (SSSR count). The van der Waals surface area contributed by atoms with Crippen LogP contribution in [0.15, 0.2) is 54.9 Å². The third-order valence-corrected chi connectivity index (χ3v) is 5.36. The first-order valence-corrected chi connectivity index (χ1v) is 9.77. The molecule has 1 atom stereocenters. The zero-order chi connectivity index (χ0) is 18.5. The third kappa shape index (κ3) is 4.37. The Morgan fingerprint density at radius 1 is 1.11 bits per heavy atom. The molecule has 5 nitrogen and oxygen atoms in total. The van der Waals surface area contributed by atoms with Crippen molar-refractivity contribution in [2.24, 2.45) is 0 Å². The van der Waals surface area contributed by atoms with Crippen LogP contribution in [-0.4, -0.2) is 40.4 Å². The van der Waals surface area contributed by atoms with E-state index in [-0.39, 0.29) is 11.9 Å². The number of carbonyl (C=O) groups is 1. The summed E-state index contributed by atoms with van der Waals surface area (Å²) in [5, 5.41) is 3.16. The van der Waals surface area contributed by atoms with E-state index in [0.29, 0.717) is 13.0 Å². The van der Waals surface area contributed by atoms with E-state index in [1.165, 1.54) is 24.8 Å². The summed E-state index contributed by atoms with van der Waals surface area (Å²) in [4.78, 5) is 22.4. The summed E-state index contributed by atoms with van der Waals surface area (Å²) in [5.74, 6) is 0.0619. The van der Waals surface area contributed by atoms with Crippen LogP contribution in [0.4, 0.5) is 0 Å². The molecule has 2 N–H and O–H groups in total. The monoisotopic (exact) mass is 362 g/mol. The van der Waals surface area contributed by atoms with Crippen molar-refractivity contribution < 1.29 is 4.79 Å². The molecule has 27 heavy (non-hydrogen) atoms. The molecule has 0 spiro atoms. The molecule has 0 saturated carbocycles. The fourth-order valence-corrected chi connectivity index (χ4v) is 3.91. The van der Waals surface area contributed by atoms with Crippen LogP contribution in [0.3, 0.4) is 0 Å². The van der Waals surface area contributed by atoms with Crippen molar-refractivity contribution in [2.45, 2.75) is 31.7 Å². The van der Waals surface area contributed by atoms with Crippen molar-refractivity contribution in [3.05, 3.63) is 66.0 Å². The highest BCUT2D eigenvalue weighted by Gasteiger charge is 2.22. The quantitative estimate of drug-likeness (QED) is 0.706. The fraction of sp³-hybridized carbons (Fsp3) is 0.364. The number of carbonyl (C=O) groups excluding carboxylic acids is 1. The zero-order valence-corrected chi connectivity index (χ0v) is 15.5. The average molecular weight is 362 g/mol. The van der Waals surface area contributed by atoms with Crippen molar-refractivity contribution >= 4 is 16.9 Å². The average Bonchev–Trinajstić information content (AvgIpc) is 3.18. The summed E-state index contributed by atoms with van der Waals surface area (Å²) >= 11 is 0. The van der Waals surface area contributed by atoms with E-state index in [0.717, 1.165) is 29.7 Å². The van der Waals surface area contributed by atoms with Gasteiger partial charge in [-0.2, -0.15) is 0 Å². The molecule has 5 heteroatoms. The Morgan fingerprint density at radius 2 is 1.93 bits per heavy atom. The number of likely N-dealkylation sites (tertiary alicyclic amines) is 1. The van der Waals surface area contributed by atoms with E-state index in [9.17, 15) is 4.79 Å². The van der Waals surface area contributed by atoms with Crippen molar-refractivity contribution in [2.75, 3.05) is 19.6 Å². The van der Waals surface area contributed by atoms with Crippen LogP contribution in [0.1, 0.15) is 36.4 Å². The van der Waals surface area contributed by atoms with Gasteiger partial charge < -0.3 is 10.3 Å². The highest BCUT2D eigenvalue weighted by atomic mass is 16.1.